The molecule has 1 aliphatic carbocycles. The van der Waals surface area contributed by atoms with E-state index >= 15 is 0 Å². The maximum atomic E-state index is 12.4. The molecule has 0 spiro atoms. The molecule has 0 aromatic heterocycles. The first-order valence-electron chi connectivity index (χ1n) is 13.8. The molecule has 2 aromatic carbocycles. The van der Waals surface area contributed by atoms with E-state index in [0.29, 0.717) is 11.1 Å². The Labute approximate surface area is 207 Å². The molecule has 0 heterocycles. The number of aldehydes is 2. The summed E-state index contributed by atoms with van der Waals surface area (Å²) in [6, 6.07) is 0. The fourth-order valence-electron chi connectivity index (χ4n) is 6.57. The average molecular weight is 461 g/mol. The van der Waals surface area contributed by atoms with Crippen molar-refractivity contribution in [3.63, 3.8) is 0 Å². The maximum absolute atomic E-state index is 12.4. The van der Waals surface area contributed by atoms with Gasteiger partial charge in [0.25, 0.3) is 0 Å². The number of benzene rings is 2. The Kier molecular flexibility index (Phi) is 9.28. The average Bonchev–Trinajstić information content (AvgIpc) is 2.87. The monoisotopic (exact) mass is 460 g/mol. The summed E-state index contributed by atoms with van der Waals surface area (Å²) in [6.45, 7) is 13.6. The molecule has 0 N–H and O–H groups in total. The highest BCUT2D eigenvalue weighted by atomic mass is 16.1. The first-order valence-corrected chi connectivity index (χ1v) is 13.8. The molecule has 0 radical (unpaired) electrons. The summed E-state index contributed by atoms with van der Waals surface area (Å²) in [4.78, 5) is 24.8. The van der Waals surface area contributed by atoms with Gasteiger partial charge in [-0.1, -0.05) is 54.4 Å². The molecule has 184 valence electrons. The van der Waals surface area contributed by atoms with Crippen molar-refractivity contribution in [2.24, 2.45) is 0 Å². The molecular formula is C32H44O2. The second-order valence-electron chi connectivity index (χ2n) is 9.82. The number of carbonyl (C=O) groups is 2. The number of rotatable bonds is 12. The van der Waals surface area contributed by atoms with Gasteiger partial charge in [-0.25, -0.2) is 0 Å². The largest absolute Gasteiger partial charge is 0.298 e. The number of hydrogen-bond acceptors (Lipinski definition) is 2. The Hall–Kier alpha value is -2.22. The lowest BCUT2D eigenvalue weighted by atomic mass is 9.71. The molecule has 3 rings (SSSR count). The lowest BCUT2D eigenvalue weighted by Gasteiger charge is -2.33. The topological polar surface area (TPSA) is 34.1 Å². The van der Waals surface area contributed by atoms with Crippen molar-refractivity contribution in [3.05, 3.63) is 66.8 Å². The lowest BCUT2D eigenvalue weighted by molar-refractivity contribution is 0.109. The van der Waals surface area contributed by atoms with Gasteiger partial charge in [-0.05, 0) is 120 Å². The molecule has 0 saturated carbocycles. The molecule has 0 atom stereocenters. The van der Waals surface area contributed by atoms with Gasteiger partial charge in [0.15, 0.2) is 12.6 Å². The minimum Gasteiger partial charge on any atom is -0.298 e. The van der Waals surface area contributed by atoms with Crippen molar-refractivity contribution in [1.29, 1.82) is 0 Å². The zero-order chi connectivity index (χ0) is 24.8. The van der Waals surface area contributed by atoms with Crippen LogP contribution >= 0.6 is 0 Å². The number of hydrogen-bond donors (Lipinski definition) is 0. The normalized spacial score (nSPS) is 12.4. The van der Waals surface area contributed by atoms with Crippen molar-refractivity contribution in [2.45, 2.75) is 119 Å². The molecular weight excluding hydrogens is 416 g/mol. The predicted molar refractivity (Wildman–Crippen MR) is 144 cm³/mol. The molecule has 0 amide bonds. The van der Waals surface area contributed by atoms with E-state index in [0.717, 1.165) is 101 Å². The fourth-order valence-corrected chi connectivity index (χ4v) is 6.57. The summed E-state index contributed by atoms with van der Waals surface area (Å²) in [6.07, 6.45) is 14.0. The van der Waals surface area contributed by atoms with Crippen LogP contribution in [0.5, 0.6) is 0 Å². The molecule has 2 aromatic rings. The van der Waals surface area contributed by atoms with E-state index in [9.17, 15) is 9.59 Å². The van der Waals surface area contributed by atoms with Crippen LogP contribution in [0.15, 0.2) is 0 Å². The van der Waals surface area contributed by atoms with Crippen LogP contribution in [0.4, 0.5) is 0 Å². The highest BCUT2D eigenvalue weighted by Crippen LogP contribution is 2.42. The van der Waals surface area contributed by atoms with E-state index < -0.39 is 0 Å². The standard InChI is InChI=1S/C32H44O2/c1-7-13-15-25-29-17-27-23(11-5)21(9-3)22(10-4)24(12-6)28(27)18-30(29)26(16-14-8-2)32(20-34)31(25)19-33/h19-20H,7-18H2,1-6H3. The summed E-state index contributed by atoms with van der Waals surface area (Å²) in [5.41, 5.74) is 15.6. The first kappa shape index (κ1) is 26.4. The molecule has 0 fully saturated rings. The Morgan fingerprint density at radius 2 is 0.824 bits per heavy atom. The van der Waals surface area contributed by atoms with Crippen molar-refractivity contribution in [2.75, 3.05) is 0 Å². The quantitative estimate of drug-likeness (QED) is 0.259. The molecule has 2 heteroatoms. The molecule has 2 nitrogen and oxygen atoms in total. The third kappa shape index (κ3) is 4.53. The zero-order valence-corrected chi connectivity index (χ0v) is 22.5. The van der Waals surface area contributed by atoms with E-state index in [1.54, 1.807) is 22.3 Å². The third-order valence-electron chi connectivity index (χ3n) is 8.14. The van der Waals surface area contributed by atoms with E-state index in [4.69, 9.17) is 0 Å². The van der Waals surface area contributed by atoms with Crippen LogP contribution < -0.4 is 0 Å². The fraction of sp³-hybridized carbons (Fsp3) is 0.562. The molecule has 0 bridgehead atoms. The van der Waals surface area contributed by atoms with Gasteiger partial charge >= 0.3 is 0 Å². The van der Waals surface area contributed by atoms with Gasteiger partial charge in [-0.2, -0.15) is 0 Å². The van der Waals surface area contributed by atoms with Gasteiger partial charge < -0.3 is 0 Å². The maximum Gasteiger partial charge on any atom is 0.151 e. The van der Waals surface area contributed by atoms with E-state index in [1.165, 1.54) is 22.3 Å². The van der Waals surface area contributed by atoms with Gasteiger partial charge in [0.05, 0.1) is 0 Å². The summed E-state index contributed by atoms with van der Waals surface area (Å²) in [7, 11) is 0. The number of unbranched alkanes of at least 4 members (excludes halogenated alkanes) is 2. The summed E-state index contributed by atoms with van der Waals surface area (Å²) >= 11 is 0. The van der Waals surface area contributed by atoms with E-state index in [1.807, 2.05) is 0 Å². The van der Waals surface area contributed by atoms with Crippen LogP contribution in [0.3, 0.4) is 0 Å². The lowest BCUT2D eigenvalue weighted by Crippen LogP contribution is -2.22. The highest BCUT2D eigenvalue weighted by Gasteiger charge is 2.30. The predicted octanol–water partition coefficient (Wildman–Crippen LogP) is 7.74. The molecule has 34 heavy (non-hydrogen) atoms. The first-order chi connectivity index (χ1) is 16.6. The van der Waals surface area contributed by atoms with Crippen LogP contribution in [-0.4, -0.2) is 12.6 Å². The Morgan fingerprint density at radius 3 is 1.09 bits per heavy atom. The Morgan fingerprint density at radius 1 is 0.500 bits per heavy atom. The second-order valence-corrected chi connectivity index (χ2v) is 9.82. The number of carbonyl (C=O) groups excluding carboxylic acids is 2. The SMILES string of the molecule is CCCCc1c(C=O)c(C=O)c(CCCC)c2c1Cc1c(CC)c(CC)c(CC)c(CC)c1C2. The van der Waals surface area contributed by atoms with Gasteiger partial charge in [-0.15, -0.1) is 0 Å². The highest BCUT2D eigenvalue weighted by molar-refractivity contribution is 5.94. The Balaban J connectivity index is 2.40. The molecule has 0 aliphatic heterocycles. The summed E-state index contributed by atoms with van der Waals surface area (Å²) in [5, 5.41) is 0. The molecule has 0 unspecified atom stereocenters. The van der Waals surface area contributed by atoms with Gasteiger partial charge in [0.2, 0.25) is 0 Å². The smallest absolute Gasteiger partial charge is 0.151 e. The van der Waals surface area contributed by atoms with Gasteiger partial charge in [-0.3, -0.25) is 9.59 Å². The zero-order valence-electron chi connectivity index (χ0n) is 22.5. The molecule has 1 aliphatic rings. The van der Waals surface area contributed by atoms with Gasteiger partial charge in [0.1, 0.15) is 0 Å². The van der Waals surface area contributed by atoms with Crippen LogP contribution in [0.25, 0.3) is 0 Å². The van der Waals surface area contributed by atoms with Crippen LogP contribution in [0, 0.1) is 0 Å². The Bertz CT molecular complexity index is 974. The minimum absolute atomic E-state index is 0.673. The van der Waals surface area contributed by atoms with Crippen molar-refractivity contribution in [3.8, 4) is 0 Å². The van der Waals surface area contributed by atoms with Crippen LogP contribution in [-0.2, 0) is 51.4 Å². The minimum atomic E-state index is 0.673. The summed E-state index contributed by atoms with van der Waals surface area (Å²) < 4.78 is 0. The van der Waals surface area contributed by atoms with E-state index in [-0.39, 0.29) is 0 Å². The van der Waals surface area contributed by atoms with Gasteiger partial charge in [0, 0.05) is 11.1 Å². The summed E-state index contributed by atoms with van der Waals surface area (Å²) in [5.74, 6) is 0. The van der Waals surface area contributed by atoms with Crippen molar-refractivity contribution < 1.29 is 9.59 Å². The van der Waals surface area contributed by atoms with Crippen LogP contribution in [0.1, 0.15) is 144 Å². The number of fused-ring (bicyclic) bond motifs is 2. The van der Waals surface area contributed by atoms with E-state index in [2.05, 4.69) is 41.5 Å². The van der Waals surface area contributed by atoms with Crippen molar-refractivity contribution >= 4 is 12.6 Å². The second kappa shape index (κ2) is 12.0. The van der Waals surface area contributed by atoms with Crippen molar-refractivity contribution in [1.82, 2.24) is 0 Å². The van der Waals surface area contributed by atoms with Crippen LogP contribution in [0.2, 0.25) is 0 Å². The third-order valence-corrected chi connectivity index (χ3v) is 8.14. The molecule has 0 saturated heterocycles.